The molecule has 32 heavy (non-hydrogen) atoms. The van der Waals surface area contributed by atoms with Gasteiger partial charge in [-0.1, -0.05) is 31.8 Å². The first kappa shape index (κ1) is 23.7. The third kappa shape index (κ3) is 4.90. The van der Waals surface area contributed by atoms with E-state index in [-0.39, 0.29) is 24.7 Å². The fourth-order valence-electron chi connectivity index (χ4n) is 6.30. The molecule has 0 aromatic heterocycles. The largest absolute Gasteiger partial charge is 0.459 e. The van der Waals surface area contributed by atoms with Crippen molar-refractivity contribution < 1.29 is 23.0 Å². The molecule has 0 amide bonds. The minimum Gasteiger partial charge on any atom is -0.459 e. The average Bonchev–Trinajstić information content (AvgIpc) is 3.12. The average molecular weight is 454 g/mol. The summed E-state index contributed by atoms with van der Waals surface area (Å²) in [6.45, 7) is 6.54. The number of hydrogen-bond acceptors (Lipinski definition) is 3. The molecule has 4 aliphatic rings. The molecule has 3 nitrogen and oxygen atoms in total. The Balaban J connectivity index is 1.39. The van der Waals surface area contributed by atoms with E-state index >= 15 is 0 Å². The van der Waals surface area contributed by atoms with Crippen molar-refractivity contribution in [2.45, 2.75) is 90.3 Å². The Morgan fingerprint density at radius 1 is 1.12 bits per heavy atom. The maximum Gasteiger partial charge on any atom is 0.392 e. The molecule has 0 radical (unpaired) electrons. The maximum absolute atomic E-state index is 13.4. The SMILES string of the molecule is C/C=C1/NCC(CCCC2CCC(C(C)(C)O)CC2)C2=C1OC1=CCC(C(F)(F)F)CC12. The second-order valence-electron chi connectivity index (χ2n) is 10.8. The fourth-order valence-corrected chi connectivity index (χ4v) is 6.30. The summed E-state index contributed by atoms with van der Waals surface area (Å²) in [6.07, 6.45) is 7.35. The molecule has 0 spiro atoms. The van der Waals surface area contributed by atoms with E-state index in [1.54, 1.807) is 6.08 Å². The highest BCUT2D eigenvalue weighted by molar-refractivity contribution is 5.43. The molecule has 0 aromatic carbocycles. The number of allylic oxidation sites excluding steroid dienone is 3. The van der Waals surface area contributed by atoms with Crippen LogP contribution in [0.5, 0.6) is 0 Å². The lowest BCUT2D eigenvalue weighted by atomic mass is 9.72. The van der Waals surface area contributed by atoms with E-state index in [2.05, 4.69) is 5.32 Å². The molecule has 2 N–H and O–H groups in total. The van der Waals surface area contributed by atoms with Crippen LogP contribution in [-0.2, 0) is 4.74 Å². The van der Waals surface area contributed by atoms with Gasteiger partial charge in [-0.15, -0.1) is 0 Å². The van der Waals surface area contributed by atoms with Gasteiger partial charge in [-0.3, -0.25) is 0 Å². The van der Waals surface area contributed by atoms with Crippen LogP contribution in [0.1, 0.15) is 78.6 Å². The van der Waals surface area contributed by atoms with Crippen molar-refractivity contribution in [3.05, 3.63) is 34.9 Å². The normalized spacial score (nSPS) is 34.5. The Kier molecular flexibility index (Phi) is 6.73. The molecule has 1 saturated carbocycles. The quantitative estimate of drug-likeness (QED) is 0.492. The fraction of sp³-hybridized carbons (Fsp3) is 0.769. The van der Waals surface area contributed by atoms with Gasteiger partial charge in [0.15, 0.2) is 0 Å². The van der Waals surface area contributed by atoms with Crippen molar-refractivity contribution in [1.29, 1.82) is 0 Å². The highest BCUT2D eigenvalue weighted by atomic mass is 19.4. The molecule has 4 rings (SSSR count). The van der Waals surface area contributed by atoms with Crippen molar-refractivity contribution in [2.75, 3.05) is 6.54 Å². The Morgan fingerprint density at radius 2 is 1.84 bits per heavy atom. The molecule has 0 bridgehead atoms. The number of aliphatic hydroxyl groups is 1. The van der Waals surface area contributed by atoms with Crippen molar-refractivity contribution in [1.82, 2.24) is 5.32 Å². The molecule has 2 heterocycles. The van der Waals surface area contributed by atoms with E-state index in [9.17, 15) is 18.3 Å². The van der Waals surface area contributed by atoms with Gasteiger partial charge in [-0.2, -0.15) is 13.2 Å². The minimum absolute atomic E-state index is 0.0203. The van der Waals surface area contributed by atoms with Crippen LogP contribution < -0.4 is 5.32 Å². The van der Waals surface area contributed by atoms with Gasteiger partial charge in [0.05, 0.1) is 17.2 Å². The van der Waals surface area contributed by atoms with Gasteiger partial charge >= 0.3 is 6.18 Å². The van der Waals surface area contributed by atoms with Gasteiger partial charge in [-0.05, 0) is 76.4 Å². The summed E-state index contributed by atoms with van der Waals surface area (Å²) in [5.74, 6) is 1.33. The van der Waals surface area contributed by atoms with Gasteiger partial charge in [-0.25, -0.2) is 0 Å². The zero-order valence-electron chi connectivity index (χ0n) is 19.6. The van der Waals surface area contributed by atoms with Crippen molar-refractivity contribution >= 4 is 0 Å². The summed E-state index contributed by atoms with van der Waals surface area (Å²) in [6, 6.07) is 0. The lowest BCUT2D eigenvalue weighted by Crippen LogP contribution is -2.34. The zero-order valence-corrected chi connectivity index (χ0v) is 19.6. The first-order valence-corrected chi connectivity index (χ1v) is 12.4. The molecule has 3 atom stereocenters. The maximum atomic E-state index is 13.4. The smallest absolute Gasteiger partial charge is 0.392 e. The van der Waals surface area contributed by atoms with E-state index in [1.165, 1.54) is 12.8 Å². The van der Waals surface area contributed by atoms with E-state index in [0.717, 1.165) is 61.4 Å². The molecule has 2 aliphatic heterocycles. The van der Waals surface area contributed by atoms with Crippen LogP contribution in [0.2, 0.25) is 0 Å². The predicted molar refractivity (Wildman–Crippen MR) is 119 cm³/mol. The molecule has 6 heteroatoms. The molecule has 3 unspecified atom stereocenters. The predicted octanol–water partition coefficient (Wildman–Crippen LogP) is 6.61. The third-order valence-electron chi connectivity index (χ3n) is 8.31. The number of rotatable bonds is 5. The number of fused-ring (bicyclic) bond motifs is 2. The second kappa shape index (κ2) is 9.08. The Bertz CT molecular complexity index is 782. The summed E-state index contributed by atoms with van der Waals surface area (Å²) in [4.78, 5) is 0. The molecule has 0 saturated heterocycles. The monoisotopic (exact) mass is 453 g/mol. The lowest BCUT2D eigenvalue weighted by molar-refractivity contribution is -0.178. The van der Waals surface area contributed by atoms with Gasteiger partial charge < -0.3 is 15.2 Å². The zero-order chi connectivity index (χ0) is 23.1. The van der Waals surface area contributed by atoms with E-state index in [0.29, 0.717) is 11.8 Å². The standard InChI is InChI=1S/C26H38F3NO2/c1-4-21-24-23(20-14-19(26(27,28)29)12-13-22(20)32-24)17(15-30-21)7-5-6-16-8-10-18(11-9-16)25(2,3)31/h4,13,16-20,30-31H,5-12,14-15H2,1-3H3/b21-4+. The van der Waals surface area contributed by atoms with Crippen LogP contribution in [-0.4, -0.2) is 23.4 Å². The summed E-state index contributed by atoms with van der Waals surface area (Å²) in [7, 11) is 0. The number of hydrogen-bond donors (Lipinski definition) is 2. The number of halogens is 3. The number of alkyl halides is 3. The molecule has 1 fully saturated rings. The first-order valence-electron chi connectivity index (χ1n) is 12.4. The van der Waals surface area contributed by atoms with Crippen LogP contribution in [0.3, 0.4) is 0 Å². The summed E-state index contributed by atoms with van der Waals surface area (Å²) >= 11 is 0. The second-order valence-corrected chi connectivity index (χ2v) is 10.8. The van der Waals surface area contributed by atoms with E-state index in [1.807, 2.05) is 26.8 Å². The van der Waals surface area contributed by atoms with Crippen LogP contribution in [0.25, 0.3) is 0 Å². The minimum atomic E-state index is -4.15. The van der Waals surface area contributed by atoms with Gasteiger partial charge in [0, 0.05) is 18.4 Å². The topological polar surface area (TPSA) is 41.5 Å². The molecular weight excluding hydrogens is 415 g/mol. The van der Waals surface area contributed by atoms with Crippen molar-refractivity contribution in [3.63, 3.8) is 0 Å². The van der Waals surface area contributed by atoms with E-state index < -0.39 is 17.7 Å². The highest BCUT2D eigenvalue weighted by Crippen LogP contribution is 2.52. The van der Waals surface area contributed by atoms with Crippen molar-refractivity contribution in [3.8, 4) is 0 Å². The van der Waals surface area contributed by atoms with Gasteiger partial charge in [0.1, 0.15) is 11.5 Å². The van der Waals surface area contributed by atoms with E-state index in [4.69, 9.17) is 4.74 Å². The Morgan fingerprint density at radius 3 is 2.47 bits per heavy atom. The molecule has 0 aromatic rings. The summed E-state index contributed by atoms with van der Waals surface area (Å²) < 4.78 is 46.5. The van der Waals surface area contributed by atoms with Crippen molar-refractivity contribution in [2.24, 2.45) is 29.6 Å². The Hall–Kier alpha value is -1.43. The van der Waals surface area contributed by atoms with Gasteiger partial charge in [0.25, 0.3) is 0 Å². The van der Waals surface area contributed by atoms with Crippen LogP contribution in [0.4, 0.5) is 13.2 Å². The number of nitrogens with one attached hydrogen (secondary N) is 1. The lowest BCUT2D eigenvalue weighted by Gasteiger charge is -2.36. The summed E-state index contributed by atoms with van der Waals surface area (Å²) in [5.41, 5.74) is 1.43. The molecule has 2 aliphatic carbocycles. The first-order chi connectivity index (χ1) is 15.1. The van der Waals surface area contributed by atoms with Gasteiger partial charge in [0.2, 0.25) is 0 Å². The molecular formula is C26H38F3NO2. The van der Waals surface area contributed by atoms with Crippen LogP contribution in [0.15, 0.2) is 34.9 Å². The summed E-state index contributed by atoms with van der Waals surface area (Å²) in [5, 5.41) is 13.7. The third-order valence-corrected chi connectivity index (χ3v) is 8.31. The van der Waals surface area contributed by atoms with Crippen LogP contribution >= 0.6 is 0 Å². The highest BCUT2D eigenvalue weighted by Gasteiger charge is 2.48. The molecule has 180 valence electrons. The Labute approximate surface area is 190 Å². The van der Waals surface area contributed by atoms with Crippen LogP contribution in [0, 0.1) is 29.6 Å². The number of ether oxygens (including phenoxy) is 1.